The Morgan fingerprint density at radius 2 is 1.12 bits per heavy atom. The summed E-state index contributed by atoms with van der Waals surface area (Å²) in [4.78, 5) is 14.5. The SMILES string of the molecule is N#Cc1ccc2c(c1)-c1c(-c3cccc(-c4cccc(-c5cc(-c6ccc(-c7cccnc7)cc6)nc(-c6ccccc6)n5)c4)c3)cccc1C21CCCCC1. The van der Waals surface area contributed by atoms with E-state index >= 15 is 0 Å². The summed E-state index contributed by atoms with van der Waals surface area (Å²) < 4.78 is 0. The second-order valence-corrected chi connectivity index (χ2v) is 15.1. The molecule has 2 aliphatic rings. The summed E-state index contributed by atoms with van der Waals surface area (Å²) in [6.07, 6.45) is 9.74. The first-order chi connectivity index (χ1) is 27.7. The van der Waals surface area contributed by atoms with Crippen LogP contribution in [0.2, 0.25) is 0 Å². The molecule has 0 atom stereocenters. The van der Waals surface area contributed by atoms with Crippen molar-refractivity contribution in [1.29, 1.82) is 5.26 Å². The maximum absolute atomic E-state index is 9.91. The Morgan fingerprint density at radius 1 is 0.464 bits per heavy atom. The second kappa shape index (κ2) is 14.0. The molecular formula is C52H38N4. The number of aromatic nitrogens is 3. The minimum atomic E-state index is 0.0231. The van der Waals surface area contributed by atoms with E-state index < -0.39 is 0 Å². The Bertz CT molecular complexity index is 2780. The molecule has 4 nitrogen and oxygen atoms in total. The van der Waals surface area contributed by atoms with Crippen molar-refractivity contribution in [3.05, 3.63) is 187 Å². The maximum atomic E-state index is 9.91. The van der Waals surface area contributed by atoms with Gasteiger partial charge in [-0.05, 0) is 105 Å². The zero-order chi connectivity index (χ0) is 37.5. The first-order valence-corrected chi connectivity index (χ1v) is 19.5. The summed E-state index contributed by atoms with van der Waals surface area (Å²) in [6, 6.07) is 58.1. The van der Waals surface area contributed by atoms with E-state index in [1.165, 1.54) is 52.6 Å². The van der Waals surface area contributed by atoms with Crippen LogP contribution in [0.1, 0.15) is 48.8 Å². The van der Waals surface area contributed by atoms with Gasteiger partial charge in [-0.3, -0.25) is 4.98 Å². The first-order valence-electron chi connectivity index (χ1n) is 19.5. The van der Waals surface area contributed by atoms with Gasteiger partial charge in [0.1, 0.15) is 0 Å². The quantitative estimate of drug-likeness (QED) is 0.172. The molecule has 1 fully saturated rings. The highest BCUT2D eigenvalue weighted by atomic mass is 14.9. The standard InChI is InChI=1S/C52H38N4/c53-33-35-20-25-46-45(29-35)50-44(18-9-19-47(50)52(46)26-5-2-6-27-52)41-15-7-13-39(30-41)40-14-8-16-42(31-40)49-32-48(55-51(56-49)38-11-3-1-4-12-38)37-23-21-36(22-24-37)43-17-10-28-54-34-43/h1,3-4,7-25,28-32,34H,2,5-6,26-27H2. The van der Waals surface area contributed by atoms with Crippen LogP contribution in [0, 0.1) is 11.3 Å². The average Bonchev–Trinajstić information content (AvgIpc) is 3.55. The van der Waals surface area contributed by atoms with Crippen molar-refractivity contribution >= 4 is 0 Å². The predicted molar refractivity (Wildman–Crippen MR) is 226 cm³/mol. The molecule has 1 spiro atoms. The maximum Gasteiger partial charge on any atom is 0.160 e. The Hall–Kier alpha value is -6.96. The van der Waals surface area contributed by atoms with Gasteiger partial charge >= 0.3 is 0 Å². The smallest absolute Gasteiger partial charge is 0.160 e. The lowest BCUT2D eigenvalue weighted by Crippen LogP contribution is -2.28. The largest absolute Gasteiger partial charge is 0.264 e. The van der Waals surface area contributed by atoms with Crippen molar-refractivity contribution in [2.24, 2.45) is 0 Å². The van der Waals surface area contributed by atoms with Crippen LogP contribution >= 0.6 is 0 Å². The molecule has 0 radical (unpaired) electrons. The molecule has 2 heterocycles. The molecule has 8 aromatic rings. The molecule has 6 aromatic carbocycles. The number of nitriles is 1. The summed E-state index contributed by atoms with van der Waals surface area (Å²) in [5.74, 6) is 0.690. The molecule has 0 bridgehead atoms. The Kier molecular flexibility index (Phi) is 8.42. The minimum Gasteiger partial charge on any atom is -0.264 e. The van der Waals surface area contributed by atoms with E-state index in [-0.39, 0.29) is 5.41 Å². The summed E-state index contributed by atoms with van der Waals surface area (Å²) in [7, 11) is 0. The number of hydrogen-bond acceptors (Lipinski definition) is 4. The van der Waals surface area contributed by atoms with Crippen LogP contribution < -0.4 is 0 Å². The first kappa shape index (κ1) is 33.6. The Balaban J connectivity index is 1.05. The van der Waals surface area contributed by atoms with E-state index in [0.717, 1.165) is 63.2 Å². The molecule has 56 heavy (non-hydrogen) atoms. The lowest BCUT2D eigenvalue weighted by atomic mass is 9.67. The highest BCUT2D eigenvalue weighted by Gasteiger charge is 2.44. The summed E-state index contributed by atoms with van der Waals surface area (Å²) in [5.41, 5.74) is 17.7. The molecule has 0 aliphatic heterocycles. The van der Waals surface area contributed by atoms with Gasteiger partial charge < -0.3 is 0 Å². The van der Waals surface area contributed by atoms with Crippen molar-refractivity contribution in [3.63, 3.8) is 0 Å². The van der Waals surface area contributed by atoms with E-state index in [4.69, 9.17) is 9.97 Å². The number of rotatable bonds is 6. The molecule has 10 rings (SSSR count). The van der Waals surface area contributed by atoms with Crippen LogP contribution in [0.3, 0.4) is 0 Å². The second-order valence-electron chi connectivity index (χ2n) is 15.1. The zero-order valence-corrected chi connectivity index (χ0v) is 31.0. The van der Waals surface area contributed by atoms with Gasteiger partial charge in [0.25, 0.3) is 0 Å². The van der Waals surface area contributed by atoms with Gasteiger partial charge in [0.2, 0.25) is 0 Å². The number of fused-ring (bicyclic) bond motifs is 5. The lowest BCUT2D eigenvalue weighted by Gasteiger charge is -2.36. The van der Waals surface area contributed by atoms with Gasteiger partial charge in [-0.2, -0.15) is 5.26 Å². The van der Waals surface area contributed by atoms with Gasteiger partial charge in [0.15, 0.2) is 5.82 Å². The number of pyridine rings is 1. The van der Waals surface area contributed by atoms with Crippen LogP contribution in [0.5, 0.6) is 0 Å². The van der Waals surface area contributed by atoms with Crippen molar-refractivity contribution in [2.45, 2.75) is 37.5 Å². The molecule has 0 saturated heterocycles. The molecular weight excluding hydrogens is 681 g/mol. The normalized spacial score (nSPS) is 13.8. The van der Waals surface area contributed by atoms with E-state index in [0.29, 0.717) is 11.4 Å². The van der Waals surface area contributed by atoms with Crippen molar-refractivity contribution in [3.8, 4) is 84.5 Å². The van der Waals surface area contributed by atoms with Gasteiger partial charge in [-0.15, -0.1) is 0 Å². The Labute approximate surface area is 327 Å². The molecule has 0 unspecified atom stereocenters. The van der Waals surface area contributed by atoms with Crippen LogP contribution in [-0.2, 0) is 5.41 Å². The summed E-state index contributed by atoms with van der Waals surface area (Å²) in [5, 5.41) is 9.91. The topological polar surface area (TPSA) is 62.5 Å². The third-order valence-corrected chi connectivity index (χ3v) is 11.8. The van der Waals surface area contributed by atoms with E-state index in [1.54, 1.807) is 6.20 Å². The van der Waals surface area contributed by atoms with Crippen molar-refractivity contribution < 1.29 is 0 Å². The number of hydrogen-bond donors (Lipinski definition) is 0. The fourth-order valence-electron chi connectivity index (χ4n) is 9.11. The van der Waals surface area contributed by atoms with E-state index in [1.807, 2.05) is 36.5 Å². The monoisotopic (exact) mass is 718 g/mol. The van der Waals surface area contributed by atoms with Gasteiger partial charge in [0, 0.05) is 34.5 Å². The van der Waals surface area contributed by atoms with E-state index in [9.17, 15) is 5.26 Å². The van der Waals surface area contributed by atoms with E-state index in [2.05, 4.69) is 138 Å². The fraction of sp³-hybridized carbons (Fsp3) is 0.115. The number of benzene rings is 6. The predicted octanol–water partition coefficient (Wildman–Crippen LogP) is 13.0. The molecule has 2 aliphatic carbocycles. The van der Waals surface area contributed by atoms with Crippen LogP contribution in [0.4, 0.5) is 0 Å². The molecule has 2 aromatic heterocycles. The van der Waals surface area contributed by atoms with Crippen molar-refractivity contribution in [2.75, 3.05) is 0 Å². The van der Waals surface area contributed by atoms with Gasteiger partial charge in [-0.25, -0.2) is 9.97 Å². The third-order valence-electron chi connectivity index (χ3n) is 11.8. The van der Waals surface area contributed by atoms with Gasteiger partial charge in [-0.1, -0.05) is 141 Å². The van der Waals surface area contributed by atoms with Crippen molar-refractivity contribution in [1.82, 2.24) is 15.0 Å². The zero-order valence-electron chi connectivity index (χ0n) is 31.0. The molecule has 1 saturated carbocycles. The highest BCUT2D eigenvalue weighted by Crippen LogP contribution is 2.58. The molecule has 4 heteroatoms. The summed E-state index contributed by atoms with van der Waals surface area (Å²) in [6.45, 7) is 0. The molecule has 0 amide bonds. The summed E-state index contributed by atoms with van der Waals surface area (Å²) >= 11 is 0. The lowest BCUT2D eigenvalue weighted by molar-refractivity contribution is 0.353. The highest BCUT2D eigenvalue weighted by molar-refractivity contribution is 5.94. The van der Waals surface area contributed by atoms with Crippen LogP contribution in [0.25, 0.3) is 78.4 Å². The third kappa shape index (κ3) is 5.90. The van der Waals surface area contributed by atoms with Gasteiger partial charge in [0.05, 0.1) is 23.0 Å². The molecule has 266 valence electrons. The molecule has 0 N–H and O–H groups in total. The average molecular weight is 719 g/mol. The fourth-order valence-corrected chi connectivity index (χ4v) is 9.11. The number of nitrogens with zero attached hydrogens (tertiary/aromatic N) is 4. The van der Waals surface area contributed by atoms with Crippen LogP contribution in [0.15, 0.2) is 170 Å². The van der Waals surface area contributed by atoms with Crippen LogP contribution in [-0.4, -0.2) is 15.0 Å². The Morgan fingerprint density at radius 3 is 1.88 bits per heavy atom. The minimum absolute atomic E-state index is 0.0231.